The Morgan fingerprint density at radius 3 is 2.76 bits per heavy atom. The molecule has 0 fully saturated rings. The summed E-state index contributed by atoms with van der Waals surface area (Å²) in [5, 5.41) is 0. The SMILES string of the molecule is COc1ccc(Br)cc1CCCCOC(C)=O. The van der Waals surface area contributed by atoms with E-state index in [0.717, 1.165) is 29.5 Å². The number of hydrogen-bond acceptors (Lipinski definition) is 3. The number of esters is 1. The van der Waals surface area contributed by atoms with E-state index >= 15 is 0 Å². The summed E-state index contributed by atoms with van der Waals surface area (Å²) in [5.41, 5.74) is 1.17. The lowest BCUT2D eigenvalue weighted by Gasteiger charge is -2.08. The van der Waals surface area contributed by atoms with Crippen LogP contribution in [0.25, 0.3) is 0 Å². The monoisotopic (exact) mass is 300 g/mol. The average molecular weight is 301 g/mol. The van der Waals surface area contributed by atoms with Crippen molar-refractivity contribution in [3.05, 3.63) is 28.2 Å². The molecule has 0 heterocycles. The van der Waals surface area contributed by atoms with Crippen molar-refractivity contribution in [1.82, 2.24) is 0 Å². The highest BCUT2D eigenvalue weighted by Crippen LogP contribution is 2.24. The molecule has 1 aromatic carbocycles. The van der Waals surface area contributed by atoms with Crippen molar-refractivity contribution in [2.75, 3.05) is 13.7 Å². The molecule has 0 saturated carbocycles. The molecule has 17 heavy (non-hydrogen) atoms. The fourth-order valence-corrected chi connectivity index (χ4v) is 1.98. The highest BCUT2D eigenvalue weighted by molar-refractivity contribution is 9.10. The number of benzene rings is 1. The third-order valence-corrected chi connectivity index (χ3v) is 2.88. The highest BCUT2D eigenvalue weighted by atomic mass is 79.9. The topological polar surface area (TPSA) is 35.5 Å². The Morgan fingerprint density at radius 1 is 1.35 bits per heavy atom. The van der Waals surface area contributed by atoms with E-state index < -0.39 is 0 Å². The van der Waals surface area contributed by atoms with Crippen molar-refractivity contribution in [3.63, 3.8) is 0 Å². The van der Waals surface area contributed by atoms with Gasteiger partial charge in [0.05, 0.1) is 13.7 Å². The molecular weight excluding hydrogens is 284 g/mol. The van der Waals surface area contributed by atoms with Gasteiger partial charge in [0.1, 0.15) is 5.75 Å². The van der Waals surface area contributed by atoms with Gasteiger partial charge in [-0.15, -0.1) is 0 Å². The molecule has 0 saturated heterocycles. The van der Waals surface area contributed by atoms with Crippen molar-refractivity contribution in [1.29, 1.82) is 0 Å². The average Bonchev–Trinajstić information content (AvgIpc) is 2.28. The van der Waals surface area contributed by atoms with Gasteiger partial charge in [-0.05, 0) is 43.0 Å². The second-order valence-electron chi connectivity index (χ2n) is 3.75. The number of rotatable bonds is 6. The summed E-state index contributed by atoms with van der Waals surface area (Å²) in [6.07, 6.45) is 2.76. The summed E-state index contributed by atoms with van der Waals surface area (Å²) in [6.45, 7) is 1.92. The summed E-state index contributed by atoms with van der Waals surface area (Å²) < 4.78 is 11.2. The Hall–Kier alpha value is -1.03. The van der Waals surface area contributed by atoms with Crippen molar-refractivity contribution in [3.8, 4) is 5.75 Å². The van der Waals surface area contributed by atoms with Crippen LogP contribution in [0.15, 0.2) is 22.7 Å². The van der Waals surface area contributed by atoms with Crippen LogP contribution in [-0.4, -0.2) is 19.7 Å². The van der Waals surface area contributed by atoms with Gasteiger partial charge in [-0.2, -0.15) is 0 Å². The van der Waals surface area contributed by atoms with Crippen LogP contribution in [0.4, 0.5) is 0 Å². The first kappa shape index (κ1) is 14.0. The summed E-state index contributed by atoms with van der Waals surface area (Å²) in [6, 6.07) is 5.97. The predicted molar refractivity (Wildman–Crippen MR) is 70.3 cm³/mol. The minimum Gasteiger partial charge on any atom is -0.496 e. The van der Waals surface area contributed by atoms with E-state index in [1.54, 1.807) is 7.11 Å². The maximum absolute atomic E-state index is 10.6. The molecular formula is C13H17BrO3. The van der Waals surface area contributed by atoms with Crippen LogP contribution in [0.1, 0.15) is 25.3 Å². The van der Waals surface area contributed by atoms with Crippen molar-refractivity contribution < 1.29 is 14.3 Å². The molecule has 1 aromatic rings. The Kier molecular flexibility index (Phi) is 6.05. The number of hydrogen-bond donors (Lipinski definition) is 0. The van der Waals surface area contributed by atoms with E-state index in [1.165, 1.54) is 12.5 Å². The Bertz CT molecular complexity index is 377. The third kappa shape index (κ3) is 5.22. The number of halogens is 1. The van der Waals surface area contributed by atoms with E-state index in [0.29, 0.717) is 6.61 Å². The zero-order valence-corrected chi connectivity index (χ0v) is 11.7. The van der Waals surface area contributed by atoms with Crippen LogP contribution in [0.2, 0.25) is 0 Å². The first-order valence-corrected chi connectivity index (χ1v) is 6.38. The van der Waals surface area contributed by atoms with Gasteiger partial charge in [-0.25, -0.2) is 0 Å². The molecule has 1 rings (SSSR count). The van der Waals surface area contributed by atoms with E-state index in [2.05, 4.69) is 22.0 Å². The van der Waals surface area contributed by atoms with Crippen LogP contribution in [0.5, 0.6) is 5.75 Å². The van der Waals surface area contributed by atoms with Crippen LogP contribution in [0, 0.1) is 0 Å². The fraction of sp³-hybridized carbons (Fsp3) is 0.462. The summed E-state index contributed by atoms with van der Waals surface area (Å²) >= 11 is 3.44. The van der Waals surface area contributed by atoms with Gasteiger partial charge in [0.15, 0.2) is 0 Å². The molecule has 0 spiro atoms. The summed E-state index contributed by atoms with van der Waals surface area (Å²) in [4.78, 5) is 10.6. The molecule has 0 unspecified atom stereocenters. The van der Waals surface area contributed by atoms with Gasteiger partial charge < -0.3 is 9.47 Å². The molecule has 0 aliphatic carbocycles. The first-order valence-electron chi connectivity index (χ1n) is 5.59. The van der Waals surface area contributed by atoms with E-state index in [-0.39, 0.29) is 5.97 Å². The number of unbranched alkanes of at least 4 members (excludes halogenated alkanes) is 1. The maximum Gasteiger partial charge on any atom is 0.302 e. The van der Waals surface area contributed by atoms with Crippen molar-refractivity contribution >= 4 is 21.9 Å². The molecule has 0 aliphatic heterocycles. The first-order chi connectivity index (χ1) is 8.13. The van der Waals surface area contributed by atoms with Crippen LogP contribution >= 0.6 is 15.9 Å². The molecule has 0 bridgehead atoms. The van der Waals surface area contributed by atoms with E-state index in [1.807, 2.05) is 12.1 Å². The normalized spacial score (nSPS) is 10.1. The van der Waals surface area contributed by atoms with Gasteiger partial charge in [-0.1, -0.05) is 15.9 Å². The molecule has 0 amide bonds. The van der Waals surface area contributed by atoms with E-state index in [9.17, 15) is 4.79 Å². The fourth-order valence-electron chi connectivity index (χ4n) is 1.58. The molecule has 0 N–H and O–H groups in total. The second-order valence-corrected chi connectivity index (χ2v) is 4.67. The lowest BCUT2D eigenvalue weighted by Crippen LogP contribution is -2.01. The smallest absolute Gasteiger partial charge is 0.302 e. The molecule has 0 aromatic heterocycles. The molecule has 0 aliphatic rings. The standard InChI is InChI=1S/C13H17BrO3/c1-10(15)17-8-4-3-5-11-9-12(14)6-7-13(11)16-2/h6-7,9H,3-5,8H2,1-2H3. The molecule has 0 atom stereocenters. The minimum atomic E-state index is -0.218. The lowest BCUT2D eigenvalue weighted by molar-refractivity contribution is -0.141. The minimum absolute atomic E-state index is 0.218. The van der Waals surface area contributed by atoms with Crippen LogP contribution in [-0.2, 0) is 16.0 Å². The molecule has 94 valence electrons. The zero-order chi connectivity index (χ0) is 12.7. The number of carbonyl (C=O) groups excluding carboxylic acids is 1. The van der Waals surface area contributed by atoms with Gasteiger partial charge in [0.2, 0.25) is 0 Å². The van der Waals surface area contributed by atoms with Crippen molar-refractivity contribution in [2.45, 2.75) is 26.2 Å². The van der Waals surface area contributed by atoms with Gasteiger partial charge >= 0.3 is 5.97 Å². The van der Waals surface area contributed by atoms with E-state index in [4.69, 9.17) is 9.47 Å². The maximum atomic E-state index is 10.6. The van der Waals surface area contributed by atoms with Gasteiger partial charge in [-0.3, -0.25) is 4.79 Å². The molecule has 4 heteroatoms. The molecule has 0 radical (unpaired) electrons. The number of methoxy groups -OCH3 is 1. The Morgan fingerprint density at radius 2 is 2.12 bits per heavy atom. The van der Waals surface area contributed by atoms with Gasteiger partial charge in [0, 0.05) is 11.4 Å². The zero-order valence-electron chi connectivity index (χ0n) is 10.2. The third-order valence-electron chi connectivity index (χ3n) is 2.39. The largest absolute Gasteiger partial charge is 0.496 e. The highest BCUT2D eigenvalue weighted by Gasteiger charge is 2.03. The van der Waals surface area contributed by atoms with Gasteiger partial charge in [0.25, 0.3) is 0 Å². The number of ether oxygens (including phenoxy) is 2. The van der Waals surface area contributed by atoms with Crippen LogP contribution in [0.3, 0.4) is 0 Å². The lowest BCUT2D eigenvalue weighted by atomic mass is 10.1. The predicted octanol–water partition coefficient (Wildman–Crippen LogP) is 3.34. The Balaban J connectivity index is 2.40. The number of carbonyl (C=O) groups is 1. The second kappa shape index (κ2) is 7.33. The number of aryl methyl sites for hydroxylation is 1. The van der Waals surface area contributed by atoms with Crippen molar-refractivity contribution in [2.24, 2.45) is 0 Å². The summed E-state index contributed by atoms with van der Waals surface area (Å²) in [5.74, 6) is 0.686. The summed E-state index contributed by atoms with van der Waals surface area (Å²) in [7, 11) is 1.67. The van der Waals surface area contributed by atoms with Crippen LogP contribution < -0.4 is 4.74 Å². The Labute approximate surface area is 110 Å². The quantitative estimate of drug-likeness (QED) is 0.597. The molecule has 3 nitrogen and oxygen atoms in total.